The summed E-state index contributed by atoms with van der Waals surface area (Å²) in [6.07, 6.45) is 12.7. The molecular formula is C40H64N6O5. The number of nitrogens with zero attached hydrogens (tertiary/aromatic N) is 1. The van der Waals surface area contributed by atoms with E-state index in [1.807, 2.05) is 20.8 Å². The first-order valence-corrected chi connectivity index (χ1v) is 19.5. The highest BCUT2D eigenvalue weighted by atomic mass is 16.2. The molecule has 2 saturated carbocycles. The first-order valence-electron chi connectivity index (χ1n) is 19.5. The maximum Gasteiger partial charge on any atom is 0.251 e. The zero-order chi connectivity index (χ0) is 37.1. The Kier molecular flexibility index (Phi) is 14.9. The lowest BCUT2D eigenvalue weighted by atomic mass is 9.81. The van der Waals surface area contributed by atoms with Gasteiger partial charge in [0.2, 0.25) is 17.7 Å². The number of carbonyl (C=O) groups is 5. The van der Waals surface area contributed by atoms with E-state index in [-0.39, 0.29) is 48.0 Å². The van der Waals surface area contributed by atoms with Gasteiger partial charge in [-0.15, -0.1) is 0 Å². The third-order valence-electron chi connectivity index (χ3n) is 11.5. The van der Waals surface area contributed by atoms with E-state index < -0.39 is 23.5 Å². The van der Waals surface area contributed by atoms with E-state index in [2.05, 4.69) is 33.5 Å². The predicted molar refractivity (Wildman–Crippen MR) is 200 cm³/mol. The number of rotatable bonds is 14. The Morgan fingerprint density at radius 3 is 1.90 bits per heavy atom. The monoisotopic (exact) mass is 708 g/mol. The molecule has 1 saturated heterocycles. The number of amides is 5. The zero-order valence-corrected chi connectivity index (χ0v) is 31.9. The van der Waals surface area contributed by atoms with E-state index in [0.717, 1.165) is 32.1 Å². The second kappa shape index (κ2) is 18.9. The van der Waals surface area contributed by atoms with Crippen molar-refractivity contribution in [3.8, 4) is 0 Å². The van der Waals surface area contributed by atoms with Gasteiger partial charge in [0.25, 0.3) is 11.8 Å². The molecule has 1 unspecified atom stereocenters. The van der Waals surface area contributed by atoms with E-state index in [9.17, 15) is 24.0 Å². The summed E-state index contributed by atoms with van der Waals surface area (Å²) in [5.41, 5.74) is 0.281. The summed E-state index contributed by atoms with van der Waals surface area (Å²) in [5.74, 6) is 0.0195. The Labute approximate surface area is 305 Å². The van der Waals surface area contributed by atoms with Gasteiger partial charge in [-0.25, -0.2) is 0 Å². The van der Waals surface area contributed by atoms with Crippen LogP contribution in [0.1, 0.15) is 132 Å². The van der Waals surface area contributed by atoms with Crippen molar-refractivity contribution in [1.29, 1.82) is 0 Å². The van der Waals surface area contributed by atoms with E-state index >= 15 is 0 Å². The molecule has 0 spiro atoms. The molecule has 3 aliphatic rings. The fourth-order valence-corrected chi connectivity index (χ4v) is 8.00. The second-order valence-corrected chi connectivity index (χ2v) is 16.4. The number of likely N-dealkylation sites (tertiary alicyclic amines) is 1. The average Bonchev–Trinajstić information content (AvgIpc) is 3.64. The van der Waals surface area contributed by atoms with Gasteiger partial charge in [-0.1, -0.05) is 85.1 Å². The summed E-state index contributed by atoms with van der Waals surface area (Å²) in [7, 11) is 1.69. The zero-order valence-electron chi connectivity index (χ0n) is 31.9. The molecule has 0 aromatic heterocycles. The Morgan fingerprint density at radius 2 is 1.33 bits per heavy atom. The number of hydrogen-bond donors (Lipinski definition) is 5. The molecule has 2 aliphatic carbocycles. The third kappa shape index (κ3) is 11.3. The molecule has 5 amide bonds. The predicted octanol–water partition coefficient (Wildman–Crippen LogP) is 4.56. The van der Waals surface area contributed by atoms with Gasteiger partial charge in [-0.05, 0) is 81.0 Å². The third-order valence-corrected chi connectivity index (χ3v) is 11.5. The lowest BCUT2D eigenvalue weighted by Gasteiger charge is -2.37. The van der Waals surface area contributed by atoms with Gasteiger partial charge in [-0.2, -0.15) is 0 Å². The topological polar surface area (TPSA) is 149 Å². The van der Waals surface area contributed by atoms with Crippen molar-refractivity contribution in [2.45, 2.75) is 136 Å². The molecule has 1 heterocycles. The molecule has 5 N–H and O–H groups in total. The Morgan fingerprint density at radius 1 is 0.765 bits per heavy atom. The van der Waals surface area contributed by atoms with Gasteiger partial charge in [0, 0.05) is 36.8 Å². The number of carbonyl (C=O) groups excluding carboxylic acids is 5. The van der Waals surface area contributed by atoms with Crippen LogP contribution in [0.3, 0.4) is 0 Å². The van der Waals surface area contributed by atoms with Crippen LogP contribution >= 0.6 is 0 Å². The van der Waals surface area contributed by atoms with Crippen LogP contribution in [0, 0.1) is 23.2 Å². The van der Waals surface area contributed by atoms with E-state index in [1.54, 1.807) is 43.1 Å². The van der Waals surface area contributed by atoms with Crippen LogP contribution in [0.15, 0.2) is 24.3 Å². The molecule has 51 heavy (non-hydrogen) atoms. The van der Waals surface area contributed by atoms with E-state index in [0.29, 0.717) is 48.9 Å². The highest BCUT2D eigenvalue weighted by molar-refractivity contribution is 5.99. The fraction of sp³-hybridized carbons (Fsp3) is 0.725. The summed E-state index contributed by atoms with van der Waals surface area (Å²) >= 11 is 0. The van der Waals surface area contributed by atoms with Crippen molar-refractivity contribution in [2.75, 3.05) is 26.7 Å². The maximum absolute atomic E-state index is 14.0. The van der Waals surface area contributed by atoms with Gasteiger partial charge in [0.1, 0.15) is 12.1 Å². The second-order valence-electron chi connectivity index (χ2n) is 16.4. The SMILES string of the molecule is CN[C@@H](C)C(=O)N[C@H](C(=O)N1CCCC1C(=O)N[C@H](CNC(=O)c1cccc(C(=O)NC[C@@H](C)C2CCCCC2)c1)C1CCCCC1)C(C)(C)C. The molecule has 284 valence electrons. The molecule has 4 rings (SSSR count). The largest absolute Gasteiger partial charge is 0.352 e. The number of nitrogens with one attached hydrogen (secondary N) is 5. The molecule has 1 aromatic rings. The van der Waals surface area contributed by atoms with Gasteiger partial charge < -0.3 is 31.5 Å². The first-order chi connectivity index (χ1) is 24.3. The molecule has 0 bridgehead atoms. The minimum Gasteiger partial charge on any atom is -0.352 e. The Balaban J connectivity index is 1.39. The normalized spacial score (nSPS) is 21.2. The summed E-state index contributed by atoms with van der Waals surface area (Å²) in [4.78, 5) is 68.8. The summed E-state index contributed by atoms with van der Waals surface area (Å²) in [6.45, 7) is 11.0. The van der Waals surface area contributed by atoms with Crippen LogP contribution in [0.2, 0.25) is 0 Å². The Bertz CT molecular complexity index is 1350. The first kappa shape index (κ1) is 40.3. The van der Waals surface area contributed by atoms with Gasteiger partial charge in [0.05, 0.1) is 6.04 Å². The molecule has 11 nitrogen and oxygen atoms in total. The number of hydrogen-bond acceptors (Lipinski definition) is 6. The molecular weight excluding hydrogens is 644 g/mol. The lowest BCUT2D eigenvalue weighted by Crippen LogP contribution is -2.60. The standard InChI is InChI=1S/C40H64N6O5/c1-26(28-15-9-7-10-16-28)24-42-36(48)30-19-13-20-31(23-30)37(49)43-25-32(29-17-11-8-12-18-29)44-38(50)33-21-14-22-46(33)39(51)34(40(3,4)5)45-35(47)27(2)41-6/h13,19-20,23,26-29,32-34,41H,7-12,14-18,21-22,24-25H2,1-6H3,(H,42,48)(H,43,49)(H,44,50)(H,45,47)/t26-,27+,32-,33?,34-/m1/s1. The highest BCUT2D eigenvalue weighted by Gasteiger charge is 2.43. The molecule has 0 radical (unpaired) electrons. The number of likely N-dealkylation sites (N-methyl/N-ethyl adjacent to an activating group) is 1. The van der Waals surface area contributed by atoms with Crippen LogP contribution < -0.4 is 26.6 Å². The fourth-order valence-electron chi connectivity index (χ4n) is 8.00. The quantitative estimate of drug-likeness (QED) is 0.192. The van der Waals surface area contributed by atoms with Crippen molar-refractivity contribution in [3.05, 3.63) is 35.4 Å². The minimum absolute atomic E-state index is 0.180. The molecule has 1 aromatic carbocycles. The van der Waals surface area contributed by atoms with Gasteiger partial charge in [0.15, 0.2) is 0 Å². The smallest absolute Gasteiger partial charge is 0.251 e. The van der Waals surface area contributed by atoms with Crippen molar-refractivity contribution in [1.82, 2.24) is 31.5 Å². The molecule has 5 atom stereocenters. The minimum atomic E-state index is -0.791. The van der Waals surface area contributed by atoms with Crippen molar-refractivity contribution >= 4 is 29.5 Å². The van der Waals surface area contributed by atoms with E-state index in [4.69, 9.17) is 0 Å². The van der Waals surface area contributed by atoms with Crippen LogP contribution in [-0.2, 0) is 14.4 Å². The highest BCUT2D eigenvalue weighted by Crippen LogP contribution is 2.30. The Hall–Kier alpha value is -3.47. The van der Waals surface area contributed by atoms with Crippen molar-refractivity contribution in [2.24, 2.45) is 23.2 Å². The molecule has 11 heteroatoms. The van der Waals surface area contributed by atoms with Crippen molar-refractivity contribution < 1.29 is 24.0 Å². The van der Waals surface area contributed by atoms with Crippen LogP contribution in [-0.4, -0.2) is 85.3 Å². The molecule has 1 aliphatic heterocycles. The number of benzene rings is 1. The van der Waals surface area contributed by atoms with Crippen molar-refractivity contribution in [3.63, 3.8) is 0 Å². The van der Waals surface area contributed by atoms with Crippen LogP contribution in [0.5, 0.6) is 0 Å². The maximum atomic E-state index is 14.0. The summed E-state index contributed by atoms with van der Waals surface area (Å²) in [6, 6.07) is 4.58. The van der Waals surface area contributed by atoms with Crippen LogP contribution in [0.25, 0.3) is 0 Å². The summed E-state index contributed by atoms with van der Waals surface area (Å²) < 4.78 is 0. The summed E-state index contributed by atoms with van der Waals surface area (Å²) in [5, 5.41) is 15.2. The van der Waals surface area contributed by atoms with Gasteiger partial charge >= 0.3 is 0 Å². The van der Waals surface area contributed by atoms with Gasteiger partial charge in [-0.3, -0.25) is 24.0 Å². The van der Waals surface area contributed by atoms with Crippen LogP contribution in [0.4, 0.5) is 0 Å². The lowest BCUT2D eigenvalue weighted by molar-refractivity contribution is -0.144. The average molecular weight is 709 g/mol. The molecule has 3 fully saturated rings. The van der Waals surface area contributed by atoms with E-state index in [1.165, 1.54) is 32.1 Å².